The Hall–Kier alpha value is -2.26. The largest absolute Gasteiger partial charge is 0.263 e. The SMILES string of the molecule is CCCc1ccc(S(=O)(=O)Nc2c(Br)c(C)nn2-c2ncccn2)cc1. The predicted octanol–water partition coefficient (Wildman–Crippen LogP) is 3.49. The average molecular weight is 436 g/mol. The van der Waals surface area contributed by atoms with E-state index in [9.17, 15) is 8.42 Å². The molecule has 7 nitrogen and oxygen atoms in total. The van der Waals surface area contributed by atoms with Gasteiger partial charge >= 0.3 is 0 Å². The fourth-order valence-corrected chi connectivity index (χ4v) is 3.98. The Balaban J connectivity index is 1.97. The van der Waals surface area contributed by atoms with Gasteiger partial charge in [-0.05, 0) is 53.0 Å². The maximum Gasteiger partial charge on any atom is 0.263 e. The molecule has 26 heavy (non-hydrogen) atoms. The van der Waals surface area contributed by atoms with Gasteiger partial charge in [0.15, 0.2) is 5.82 Å². The van der Waals surface area contributed by atoms with Crippen molar-refractivity contribution in [2.75, 3.05) is 4.72 Å². The van der Waals surface area contributed by atoms with E-state index in [1.807, 2.05) is 12.1 Å². The lowest BCUT2D eigenvalue weighted by Crippen LogP contribution is -2.17. The number of aromatic nitrogens is 4. The van der Waals surface area contributed by atoms with Crippen LogP contribution in [-0.2, 0) is 16.4 Å². The van der Waals surface area contributed by atoms with Crippen LogP contribution in [0.4, 0.5) is 5.82 Å². The van der Waals surface area contributed by atoms with Crippen molar-refractivity contribution in [3.05, 3.63) is 58.5 Å². The third-order valence-electron chi connectivity index (χ3n) is 3.73. The first-order chi connectivity index (χ1) is 12.4. The highest BCUT2D eigenvalue weighted by Crippen LogP contribution is 2.29. The van der Waals surface area contributed by atoms with Crippen molar-refractivity contribution in [3.8, 4) is 5.95 Å². The Morgan fingerprint density at radius 3 is 2.42 bits per heavy atom. The Morgan fingerprint density at radius 2 is 1.81 bits per heavy atom. The summed E-state index contributed by atoms with van der Waals surface area (Å²) in [5.74, 6) is 0.531. The van der Waals surface area contributed by atoms with Gasteiger partial charge in [-0.3, -0.25) is 4.72 Å². The maximum atomic E-state index is 12.8. The monoisotopic (exact) mass is 435 g/mol. The molecule has 0 atom stereocenters. The summed E-state index contributed by atoms with van der Waals surface area (Å²) in [6.07, 6.45) is 5.05. The fraction of sp³-hybridized carbons (Fsp3) is 0.235. The molecular weight excluding hydrogens is 418 g/mol. The van der Waals surface area contributed by atoms with E-state index in [-0.39, 0.29) is 16.7 Å². The van der Waals surface area contributed by atoms with E-state index < -0.39 is 10.0 Å². The predicted molar refractivity (Wildman–Crippen MR) is 103 cm³/mol. The van der Waals surface area contributed by atoms with Crippen LogP contribution in [0.5, 0.6) is 0 Å². The number of halogens is 1. The van der Waals surface area contributed by atoms with Crippen LogP contribution in [0.2, 0.25) is 0 Å². The molecule has 3 aromatic rings. The molecule has 9 heteroatoms. The molecule has 0 fully saturated rings. The molecule has 0 bridgehead atoms. The highest BCUT2D eigenvalue weighted by Gasteiger charge is 2.22. The van der Waals surface area contributed by atoms with Crippen LogP contribution < -0.4 is 4.72 Å². The minimum Gasteiger partial charge on any atom is -0.262 e. The zero-order valence-corrected chi connectivity index (χ0v) is 16.7. The molecule has 0 saturated heterocycles. The van der Waals surface area contributed by atoms with Gasteiger partial charge in [0.05, 0.1) is 15.1 Å². The number of rotatable bonds is 6. The van der Waals surface area contributed by atoms with Gasteiger partial charge in [0.25, 0.3) is 16.0 Å². The van der Waals surface area contributed by atoms with Crippen LogP contribution in [-0.4, -0.2) is 28.2 Å². The van der Waals surface area contributed by atoms with Gasteiger partial charge < -0.3 is 0 Å². The normalized spacial score (nSPS) is 11.5. The number of hydrogen-bond donors (Lipinski definition) is 1. The third-order valence-corrected chi connectivity index (χ3v) is 6.04. The number of benzene rings is 1. The number of aryl methyl sites for hydroxylation is 2. The zero-order chi connectivity index (χ0) is 18.7. The molecule has 0 aliphatic heterocycles. The number of anilines is 1. The van der Waals surface area contributed by atoms with E-state index in [2.05, 4.69) is 42.6 Å². The van der Waals surface area contributed by atoms with Gasteiger partial charge in [0.1, 0.15) is 0 Å². The summed E-state index contributed by atoms with van der Waals surface area (Å²) in [6.45, 7) is 3.85. The van der Waals surface area contributed by atoms with Crippen molar-refractivity contribution in [3.63, 3.8) is 0 Å². The second kappa shape index (κ2) is 7.55. The molecule has 1 aromatic carbocycles. The van der Waals surface area contributed by atoms with Crippen LogP contribution in [0, 0.1) is 6.92 Å². The standard InChI is InChI=1S/C17H18BrN5O2S/c1-3-5-13-6-8-14(9-7-13)26(24,25)22-16-15(18)12(2)21-23(16)17-19-10-4-11-20-17/h4,6-11,22H,3,5H2,1-2H3. The molecule has 0 amide bonds. The maximum absolute atomic E-state index is 12.8. The van der Waals surface area contributed by atoms with E-state index in [0.29, 0.717) is 10.2 Å². The second-order valence-electron chi connectivity index (χ2n) is 5.71. The van der Waals surface area contributed by atoms with Crippen LogP contribution >= 0.6 is 15.9 Å². The molecule has 2 aromatic heterocycles. The number of hydrogen-bond acceptors (Lipinski definition) is 5. The molecule has 2 heterocycles. The molecule has 136 valence electrons. The first-order valence-corrected chi connectivity index (χ1v) is 10.3. The lowest BCUT2D eigenvalue weighted by atomic mass is 10.1. The van der Waals surface area contributed by atoms with Crippen LogP contribution in [0.3, 0.4) is 0 Å². The van der Waals surface area contributed by atoms with Crippen molar-refractivity contribution >= 4 is 31.8 Å². The van der Waals surface area contributed by atoms with Crippen molar-refractivity contribution in [1.82, 2.24) is 19.7 Å². The molecule has 0 unspecified atom stereocenters. The Bertz CT molecular complexity index is 1000. The van der Waals surface area contributed by atoms with Crippen molar-refractivity contribution < 1.29 is 8.42 Å². The highest BCUT2D eigenvalue weighted by atomic mass is 79.9. The van der Waals surface area contributed by atoms with Crippen molar-refractivity contribution in [2.24, 2.45) is 0 Å². The van der Waals surface area contributed by atoms with Crippen LogP contribution in [0.1, 0.15) is 24.6 Å². The summed E-state index contributed by atoms with van der Waals surface area (Å²) in [4.78, 5) is 8.45. The molecule has 0 spiro atoms. The van der Waals surface area contributed by atoms with Crippen molar-refractivity contribution in [2.45, 2.75) is 31.6 Å². The lowest BCUT2D eigenvalue weighted by Gasteiger charge is -2.10. The summed E-state index contributed by atoms with van der Waals surface area (Å²) in [7, 11) is -3.78. The number of nitrogens with zero attached hydrogens (tertiary/aromatic N) is 4. The summed E-state index contributed by atoms with van der Waals surface area (Å²) < 4.78 is 30.1. The van der Waals surface area contributed by atoms with Gasteiger partial charge in [-0.25, -0.2) is 18.4 Å². The van der Waals surface area contributed by atoms with Crippen LogP contribution in [0.15, 0.2) is 52.1 Å². The van der Waals surface area contributed by atoms with E-state index in [1.54, 1.807) is 37.5 Å². The fourth-order valence-electron chi connectivity index (χ4n) is 2.45. The smallest absolute Gasteiger partial charge is 0.262 e. The average Bonchev–Trinajstić information content (AvgIpc) is 2.91. The number of nitrogens with one attached hydrogen (secondary N) is 1. The van der Waals surface area contributed by atoms with Gasteiger partial charge in [0.2, 0.25) is 0 Å². The first kappa shape index (κ1) is 18.5. The number of sulfonamides is 1. The minimum atomic E-state index is -3.78. The Labute approximate surface area is 160 Å². The molecule has 0 radical (unpaired) electrons. The Kier molecular flexibility index (Phi) is 5.38. The molecule has 3 rings (SSSR count). The molecule has 0 aliphatic carbocycles. The molecule has 0 aliphatic rings. The van der Waals surface area contributed by atoms with E-state index >= 15 is 0 Å². The van der Waals surface area contributed by atoms with E-state index in [1.165, 1.54) is 4.68 Å². The Morgan fingerprint density at radius 1 is 1.15 bits per heavy atom. The van der Waals surface area contributed by atoms with Gasteiger partial charge in [0, 0.05) is 12.4 Å². The second-order valence-corrected chi connectivity index (χ2v) is 8.18. The third kappa shape index (κ3) is 3.78. The van der Waals surface area contributed by atoms with E-state index in [4.69, 9.17) is 0 Å². The van der Waals surface area contributed by atoms with Gasteiger partial charge in [-0.15, -0.1) is 0 Å². The first-order valence-electron chi connectivity index (χ1n) is 8.06. The summed E-state index contributed by atoms with van der Waals surface area (Å²) in [6, 6.07) is 8.55. The topological polar surface area (TPSA) is 89.8 Å². The lowest BCUT2D eigenvalue weighted by molar-refractivity contribution is 0.600. The summed E-state index contributed by atoms with van der Waals surface area (Å²) in [5.41, 5.74) is 1.72. The highest BCUT2D eigenvalue weighted by molar-refractivity contribution is 9.10. The quantitative estimate of drug-likeness (QED) is 0.639. The van der Waals surface area contributed by atoms with Gasteiger partial charge in [-0.1, -0.05) is 25.5 Å². The summed E-state index contributed by atoms with van der Waals surface area (Å²) >= 11 is 3.39. The molecule has 0 saturated carbocycles. The summed E-state index contributed by atoms with van der Waals surface area (Å²) in [5, 5.41) is 4.31. The molecular formula is C17H18BrN5O2S. The van der Waals surface area contributed by atoms with Crippen molar-refractivity contribution in [1.29, 1.82) is 0 Å². The van der Waals surface area contributed by atoms with Crippen LogP contribution in [0.25, 0.3) is 5.95 Å². The molecule has 1 N–H and O–H groups in total. The van der Waals surface area contributed by atoms with E-state index in [0.717, 1.165) is 18.4 Å². The van der Waals surface area contributed by atoms with Gasteiger partial charge in [-0.2, -0.15) is 9.78 Å². The minimum absolute atomic E-state index is 0.184. The zero-order valence-electron chi connectivity index (χ0n) is 14.3.